The number of pyridine rings is 2. The van der Waals surface area contributed by atoms with Gasteiger partial charge in [0.1, 0.15) is 5.15 Å². The summed E-state index contributed by atoms with van der Waals surface area (Å²) in [6.45, 7) is 3.91. The smallest absolute Gasteiger partial charge is 0.254 e. The number of amides is 2. The van der Waals surface area contributed by atoms with Crippen molar-refractivity contribution in [2.45, 2.75) is 32.7 Å². The number of nitrogens with one attached hydrogen (secondary N) is 1. The number of halogens is 1. The maximum Gasteiger partial charge on any atom is 0.254 e. The highest BCUT2D eigenvalue weighted by Gasteiger charge is 2.32. The average Bonchev–Trinajstić information content (AvgIpc) is 2.73. The lowest BCUT2D eigenvalue weighted by Gasteiger charge is -2.38. The van der Waals surface area contributed by atoms with Gasteiger partial charge in [-0.1, -0.05) is 31.0 Å². The minimum absolute atomic E-state index is 0.0257. The van der Waals surface area contributed by atoms with Crippen molar-refractivity contribution in [3.63, 3.8) is 0 Å². The highest BCUT2D eigenvalue weighted by atomic mass is 35.5. The molecule has 0 unspecified atom stereocenters. The summed E-state index contributed by atoms with van der Waals surface area (Å²) in [4.78, 5) is 35.0. The molecule has 0 bridgehead atoms. The molecule has 1 aliphatic rings. The van der Waals surface area contributed by atoms with Gasteiger partial charge < -0.3 is 10.2 Å². The molecular weight excluding hydrogens is 376 g/mol. The predicted octanol–water partition coefficient (Wildman–Crippen LogP) is 3.32. The first-order valence-electron chi connectivity index (χ1n) is 9.63. The van der Waals surface area contributed by atoms with E-state index < -0.39 is 0 Å². The second-order valence-electron chi connectivity index (χ2n) is 7.18. The Kier molecular flexibility index (Phi) is 6.98. The van der Waals surface area contributed by atoms with Crippen LogP contribution in [-0.2, 0) is 11.3 Å². The number of likely N-dealkylation sites (tertiary alicyclic amines) is 1. The predicted molar refractivity (Wildman–Crippen MR) is 108 cm³/mol. The van der Waals surface area contributed by atoms with Gasteiger partial charge in [-0.3, -0.25) is 14.6 Å². The Hall–Kier alpha value is -2.47. The highest BCUT2D eigenvalue weighted by molar-refractivity contribution is 6.29. The van der Waals surface area contributed by atoms with Gasteiger partial charge in [-0.15, -0.1) is 0 Å². The first-order valence-corrected chi connectivity index (χ1v) is 10.0. The van der Waals surface area contributed by atoms with Crippen LogP contribution in [0.3, 0.4) is 0 Å². The van der Waals surface area contributed by atoms with Crippen molar-refractivity contribution < 1.29 is 9.59 Å². The molecule has 1 fully saturated rings. The van der Waals surface area contributed by atoms with Gasteiger partial charge in [0.05, 0.1) is 0 Å². The third-order valence-corrected chi connectivity index (χ3v) is 5.54. The number of aromatic nitrogens is 2. The minimum Gasteiger partial charge on any atom is -0.352 e. The van der Waals surface area contributed by atoms with E-state index in [2.05, 4.69) is 22.2 Å². The van der Waals surface area contributed by atoms with E-state index >= 15 is 0 Å². The SMILES string of the molecule is CC[C@@H]1CN(C(=O)c2ccnc(Cl)c2)CC[C@H]1CC(=O)NCc1cccnc1. The number of hydrogen-bond donors (Lipinski definition) is 1. The van der Waals surface area contributed by atoms with Gasteiger partial charge in [0.25, 0.3) is 5.91 Å². The average molecular weight is 401 g/mol. The fourth-order valence-electron chi connectivity index (χ4n) is 3.73. The van der Waals surface area contributed by atoms with Crippen molar-refractivity contribution in [3.05, 3.63) is 59.1 Å². The van der Waals surface area contributed by atoms with E-state index in [9.17, 15) is 9.59 Å². The molecule has 2 aromatic rings. The molecule has 28 heavy (non-hydrogen) atoms. The zero-order chi connectivity index (χ0) is 19.9. The van der Waals surface area contributed by atoms with Crippen molar-refractivity contribution in [1.82, 2.24) is 20.2 Å². The number of rotatable bonds is 6. The van der Waals surface area contributed by atoms with E-state index in [1.807, 2.05) is 17.0 Å². The third-order valence-electron chi connectivity index (χ3n) is 5.34. The molecular formula is C21H25ClN4O2. The molecule has 7 heteroatoms. The fourth-order valence-corrected chi connectivity index (χ4v) is 3.90. The van der Waals surface area contributed by atoms with Crippen molar-refractivity contribution in [2.75, 3.05) is 13.1 Å². The number of carbonyl (C=O) groups is 2. The lowest BCUT2D eigenvalue weighted by molar-refractivity contribution is -0.123. The summed E-state index contributed by atoms with van der Waals surface area (Å²) >= 11 is 5.91. The second kappa shape index (κ2) is 9.64. The topological polar surface area (TPSA) is 75.2 Å². The van der Waals surface area contributed by atoms with Crippen LogP contribution in [0.5, 0.6) is 0 Å². The van der Waals surface area contributed by atoms with Crippen molar-refractivity contribution in [1.29, 1.82) is 0 Å². The molecule has 2 atom stereocenters. The molecule has 2 aromatic heterocycles. The van der Waals surface area contributed by atoms with Gasteiger partial charge in [-0.05, 0) is 42.0 Å². The first-order chi connectivity index (χ1) is 13.6. The number of piperidine rings is 1. The molecule has 1 N–H and O–H groups in total. The molecule has 6 nitrogen and oxygen atoms in total. The van der Waals surface area contributed by atoms with Gasteiger partial charge in [0, 0.05) is 50.2 Å². The zero-order valence-corrected chi connectivity index (χ0v) is 16.7. The van der Waals surface area contributed by atoms with Gasteiger partial charge >= 0.3 is 0 Å². The van der Waals surface area contributed by atoms with Gasteiger partial charge in [0.15, 0.2) is 0 Å². The van der Waals surface area contributed by atoms with Crippen LogP contribution in [-0.4, -0.2) is 39.8 Å². The summed E-state index contributed by atoms with van der Waals surface area (Å²) in [6.07, 6.45) is 7.26. The molecule has 0 saturated carbocycles. The highest BCUT2D eigenvalue weighted by Crippen LogP contribution is 2.30. The van der Waals surface area contributed by atoms with Gasteiger partial charge in [-0.25, -0.2) is 4.98 Å². The normalized spacial score (nSPS) is 19.3. The van der Waals surface area contributed by atoms with Crippen LogP contribution in [0, 0.1) is 11.8 Å². The monoisotopic (exact) mass is 400 g/mol. The van der Waals surface area contributed by atoms with E-state index in [-0.39, 0.29) is 17.7 Å². The number of nitrogens with zero attached hydrogens (tertiary/aromatic N) is 3. The van der Waals surface area contributed by atoms with Crippen LogP contribution in [0.25, 0.3) is 0 Å². The van der Waals surface area contributed by atoms with E-state index in [0.29, 0.717) is 42.7 Å². The van der Waals surface area contributed by atoms with E-state index in [1.165, 1.54) is 0 Å². The van der Waals surface area contributed by atoms with Crippen molar-refractivity contribution in [3.8, 4) is 0 Å². The molecule has 3 rings (SSSR count). The summed E-state index contributed by atoms with van der Waals surface area (Å²) in [5.41, 5.74) is 1.54. The second-order valence-corrected chi connectivity index (χ2v) is 7.56. The van der Waals surface area contributed by atoms with Crippen molar-refractivity contribution in [2.24, 2.45) is 11.8 Å². The molecule has 1 aliphatic heterocycles. The molecule has 0 aromatic carbocycles. The van der Waals surface area contributed by atoms with Crippen LogP contribution >= 0.6 is 11.6 Å². The Labute approximate surface area is 170 Å². The lowest BCUT2D eigenvalue weighted by atomic mass is 9.81. The summed E-state index contributed by atoms with van der Waals surface area (Å²) in [6, 6.07) is 7.09. The van der Waals surface area contributed by atoms with Gasteiger partial charge in [0.2, 0.25) is 5.91 Å². The molecule has 148 valence electrons. The minimum atomic E-state index is -0.0257. The number of carbonyl (C=O) groups excluding carboxylic acids is 2. The van der Waals surface area contributed by atoms with Crippen LogP contribution in [0.15, 0.2) is 42.9 Å². The number of hydrogen-bond acceptors (Lipinski definition) is 4. The summed E-state index contributed by atoms with van der Waals surface area (Å²) in [5, 5.41) is 3.29. The molecule has 0 aliphatic carbocycles. The molecule has 0 radical (unpaired) electrons. The molecule has 2 amide bonds. The van der Waals surface area contributed by atoms with Crippen LogP contribution in [0.1, 0.15) is 42.1 Å². The zero-order valence-electron chi connectivity index (χ0n) is 16.0. The quantitative estimate of drug-likeness (QED) is 0.754. The maximum absolute atomic E-state index is 12.8. The Morgan fingerprint density at radius 1 is 1.29 bits per heavy atom. The van der Waals surface area contributed by atoms with E-state index in [0.717, 1.165) is 18.4 Å². The third kappa shape index (κ3) is 5.29. The summed E-state index contributed by atoms with van der Waals surface area (Å²) in [7, 11) is 0. The maximum atomic E-state index is 12.8. The van der Waals surface area contributed by atoms with Gasteiger partial charge in [-0.2, -0.15) is 0 Å². The van der Waals surface area contributed by atoms with E-state index in [4.69, 9.17) is 11.6 Å². The Bertz CT molecular complexity index is 815. The van der Waals surface area contributed by atoms with Crippen LogP contribution in [0.4, 0.5) is 0 Å². The lowest BCUT2D eigenvalue weighted by Crippen LogP contribution is -2.44. The first kappa shape index (κ1) is 20.3. The van der Waals surface area contributed by atoms with Crippen LogP contribution in [0.2, 0.25) is 5.15 Å². The Morgan fingerprint density at radius 3 is 2.86 bits per heavy atom. The summed E-state index contributed by atoms with van der Waals surface area (Å²) < 4.78 is 0. The van der Waals surface area contributed by atoms with Crippen molar-refractivity contribution >= 4 is 23.4 Å². The largest absolute Gasteiger partial charge is 0.352 e. The fraction of sp³-hybridized carbons (Fsp3) is 0.429. The Morgan fingerprint density at radius 2 is 2.14 bits per heavy atom. The molecule has 1 saturated heterocycles. The Balaban J connectivity index is 1.54. The van der Waals surface area contributed by atoms with E-state index in [1.54, 1.807) is 30.7 Å². The summed E-state index contributed by atoms with van der Waals surface area (Å²) in [5.74, 6) is 0.610. The molecule has 3 heterocycles. The van der Waals surface area contributed by atoms with Crippen LogP contribution < -0.4 is 5.32 Å². The molecule has 0 spiro atoms. The standard InChI is InChI=1S/C21H25ClN4O2/c1-2-16-14-26(21(28)18-5-8-24-19(22)10-18)9-6-17(16)11-20(27)25-13-15-4-3-7-23-12-15/h3-5,7-8,10,12,16-17H,2,6,9,11,13-14H2,1H3,(H,25,27)/t16-,17+/m1/s1.